The van der Waals surface area contributed by atoms with Crippen molar-refractivity contribution in [2.24, 2.45) is 0 Å². The number of fused-ring (bicyclic) bond motifs is 1. The molecule has 0 aliphatic carbocycles. The van der Waals surface area contributed by atoms with E-state index in [0.717, 1.165) is 15.9 Å². The molecule has 0 saturated carbocycles. The van der Waals surface area contributed by atoms with Crippen molar-refractivity contribution in [1.82, 2.24) is 9.38 Å². The molecule has 0 amide bonds. The molecule has 2 heterocycles. The molecule has 0 unspecified atom stereocenters. The highest BCUT2D eigenvalue weighted by Gasteiger charge is 2.06. The van der Waals surface area contributed by atoms with E-state index in [4.69, 9.17) is 0 Å². The van der Waals surface area contributed by atoms with Crippen molar-refractivity contribution >= 4 is 32.1 Å². The van der Waals surface area contributed by atoms with Gasteiger partial charge in [0.1, 0.15) is 10.7 Å². The third-order valence-corrected chi connectivity index (χ3v) is 3.54. The summed E-state index contributed by atoms with van der Waals surface area (Å²) in [5.41, 5.74) is 1.13. The second-order valence-corrected chi connectivity index (χ2v) is 5.05. The molecule has 0 saturated heterocycles. The number of hydrogen-bond donors (Lipinski definition) is 0. The molecule has 0 aliphatic heterocycles. The van der Waals surface area contributed by atoms with Gasteiger partial charge in [-0.2, -0.15) is 0 Å². The number of nitrogens with zero attached hydrogens (tertiary/aromatic N) is 2. The summed E-state index contributed by atoms with van der Waals surface area (Å²) in [5.74, 6) is 0.993. The van der Waals surface area contributed by atoms with Crippen molar-refractivity contribution in [3.63, 3.8) is 0 Å². The maximum absolute atomic E-state index is 4.42. The summed E-state index contributed by atoms with van der Waals surface area (Å²) >= 11 is 5.16. The zero-order valence-corrected chi connectivity index (χ0v) is 10.1. The van der Waals surface area contributed by atoms with Crippen molar-refractivity contribution in [3.8, 4) is 11.4 Å². The molecule has 2 nitrogen and oxygen atoms in total. The highest BCUT2D eigenvalue weighted by atomic mass is 79.9. The molecule has 0 fully saturated rings. The van der Waals surface area contributed by atoms with E-state index in [-0.39, 0.29) is 0 Å². The summed E-state index contributed by atoms with van der Waals surface area (Å²) in [6.45, 7) is 0. The fourth-order valence-electron chi connectivity index (χ4n) is 1.58. The Labute approximate surface area is 99.3 Å². The average molecular weight is 279 g/mol. The molecule has 0 radical (unpaired) electrons. The minimum absolute atomic E-state index is 0.993. The molecule has 0 aliphatic rings. The Hall–Kier alpha value is -1.13. The lowest BCUT2D eigenvalue weighted by atomic mass is 10.2. The molecule has 0 bridgehead atoms. The Morgan fingerprint density at radius 2 is 2.27 bits per heavy atom. The van der Waals surface area contributed by atoms with Gasteiger partial charge in [-0.3, -0.25) is 4.40 Å². The van der Waals surface area contributed by atoms with Gasteiger partial charge in [0.2, 0.25) is 0 Å². The molecule has 0 spiro atoms. The van der Waals surface area contributed by atoms with Gasteiger partial charge in [-0.05, 0) is 12.1 Å². The summed E-state index contributed by atoms with van der Waals surface area (Å²) in [7, 11) is 0. The second kappa shape index (κ2) is 3.47. The molecule has 2 aromatic heterocycles. The molecule has 0 atom stereocenters. The number of halogens is 1. The van der Waals surface area contributed by atoms with Gasteiger partial charge < -0.3 is 0 Å². The Bertz CT molecular complexity index is 612. The van der Waals surface area contributed by atoms with E-state index in [0.29, 0.717) is 0 Å². The third-order valence-electron chi connectivity index (χ3n) is 2.24. The van der Waals surface area contributed by atoms with Crippen LogP contribution in [0.4, 0.5) is 0 Å². The summed E-state index contributed by atoms with van der Waals surface area (Å²) in [6.07, 6.45) is 3.95. The number of thiazole rings is 1. The van der Waals surface area contributed by atoms with Gasteiger partial charge in [0.15, 0.2) is 0 Å². The quantitative estimate of drug-likeness (QED) is 0.661. The first-order chi connectivity index (χ1) is 7.34. The Kier molecular flexibility index (Phi) is 2.11. The predicted octanol–water partition coefficient (Wildman–Crippen LogP) is 3.83. The Balaban J connectivity index is 2.26. The van der Waals surface area contributed by atoms with Crippen LogP contribution >= 0.6 is 27.3 Å². The lowest BCUT2D eigenvalue weighted by Gasteiger charge is -1.98. The first kappa shape index (κ1) is 9.12. The van der Waals surface area contributed by atoms with Gasteiger partial charge in [-0.1, -0.05) is 28.1 Å². The fraction of sp³-hybridized carbons (Fsp3) is 0. The number of rotatable bonds is 1. The summed E-state index contributed by atoms with van der Waals surface area (Å²) < 4.78 is 3.18. The minimum atomic E-state index is 0.993. The van der Waals surface area contributed by atoms with Crippen LogP contribution in [0.5, 0.6) is 0 Å². The first-order valence-electron chi connectivity index (χ1n) is 4.51. The number of hydrogen-bond acceptors (Lipinski definition) is 2. The van der Waals surface area contributed by atoms with E-state index in [9.17, 15) is 0 Å². The van der Waals surface area contributed by atoms with E-state index >= 15 is 0 Å². The van der Waals surface area contributed by atoms with Gasteiger partial charge in [0.25, 0.3) is 0 Å². The van der Waals surface area contributed by atoms with E-state index in [1.54, 1.807) is 11.3 Å². The molecule has 3 aromatic rings. The van der Waals surface area contributed by atoms with Crippen molar-refractivity contribution in [1.29, 1.82) is 0 Å². The van der Waals surface area contributed by atoms with Crippen LogP contribution in [0.15, 0.2) is 46.5 Å². The van der Waals surface area contributed by atoms with Gasteiger partial charge >= 0.3 is 0 Å². The molecule has 3 rings (SSSR count). The Morgan fingerprint density at radius 3 is 3.13 bits per heavy atom. The number of benzene rings is 1. The van der Waals surface area contributed by atoms with Crippen LogP contribution in [0.2, 0.25) is 0 Å². The van der Waals surface area contributed by atoms with Crippen LogP contribution in [-0.4, -0.2) is 9.38 Å². The molecular formula is C11H7BrN2S. The second-order valence-electron chi connectivity index (χ2n) is 3.20. The monoisotopic (exact) mass is 278 g/mol. The van der Waals surface area contributed by atoms with Gasteiger partial charge in [0, 0.05) is 21.6 Å². The van der Waals surface area contributed by atoms with E-state index in [2.05, 4.69) is 42.8 Å². The van der Waals surface area contributed by atoms with Crippen LogP contribution in [0, 0.1) is 0 Å². The minimum Gasteiger partial charge on any atom is -0.290 e. The highest BCUT2D eigenvalue weighted by molar-refractivity contribution is 9.10. The third kappa shape index (κ3) is 1.50. The standard InChI is InChI=1S/C11H7BrN2S/c12-9-3-1-2-8(6-9)11-13-7-10-14(11)4-5-15-10/h1-7H. The van der Waals surface area contributed by atoms with Crippen molar-refractivity contribution in [3.05, 3.63) is 46.5 Å². The van der Waals surface area contributed by atoms with Crippen LogP contribution in [0.25, 0.3) is 16.2 Å². The molecule has 0 N–H and O–H groups in total. The summed E-state index contributed by atoms with van der Waals surface area (Å²) in [5, 5.41) is 2.07. The van der Waals surface area contributed by atoms with Gasteiger partial charge in [0.05, 0.1) is 6.20 Å². The molecule has 15 heavy (non-hydrogen) atoms. The molecule has 1 aromatic carbocycles. The zero-order valence-electron chi connectivity index (χ0n) is 7.72. The average Bonchev–Trinajstić information content (AvgIpc) is 2.77. The smallest absolute Gasteiger partial charge is 0.145 e. The molecular weight excluding hydrogens is 272 g/mol. The molecule has 4 heteroatoms. The normalized spacial score (nSPS) is 11.0. The van der Waals surface area contributed by atoms with Crippen molar-refractivity contribution < 1.29 is 0 Å². The zero-order chi connectivity index (χ0) is 10.3. The van der Waals surface area contributed by atoms with Gasteiger partial charge in [-0.25, -0.2) is 4.98 Å². The predicted molar refractivity (Wildman–Crippen MR) is 66.2 cm³/mol. The topological polar surface area (TPSA) is 17.3 Å². The Morgan fingerprint density at radius 1 is 1.33 bits per heavy atom. The summed E-state index contributed by atoms with van der Waals surface area (Å²) in [4.78, 5) is 5.59. The molecule has 74 valence electrons. The van der Waals surface area contributed by atoms with Crippen LogP contribution in [0.3, 0.4) is 0 Å². The first-order valence-corrected chi connectivity index (χ1v) is 6.18. The van der Waals surface area contributed by atoms with E-state index < -0.39 is 0 Å². The maximum Gasteiger partial charge on any atom is 0.145 e. The largest absolute Gasteiger partial charge is 0.290 e. The maximum atomic E-state index is 4.42. The van der Waals surface area contributed by atoms with E-state index in [1.165, 1.54) is 4.83 Å². The van der Waals surface area contributed by atoms with Gasteiger partial charge in [-0.15, -0.1) is 11.3 Å². The van der Waals surface area contributed by atoms with E-state index in [1.807, 2.05) is 24.5 Å². The van der Waals surface area contributed by atoms with Crippen LogP contribution in [-0.2, 0) is 0 Å². The lowest BCUT2D eigenvalue weighted by Crippen LogP contribution is -1.85. The highest BCUT2D eigenvalue weighted by Crippen LogP contribution is 2.24. The fourth-order valence-corrected chi connectivity index (χ4v) is 2.67. The van der Waals surface area contributed by atoms with Crippen LogP contribution in [0.1, 0.15) is 0 Å². The summed E-state index contributed by atoms with van der Waals surface area (Å²) in [6, 6.07) is 8.18. The van der Waals surface area contributed by atoms with Crippen molar-refractivity contribution in [2.75, 3.05) is 0 Å². The lowest BCUT2D eigenvalue weighted by molar-refractivity contribution is 1.18. The number of imidazole rings is 1. The van der Waals surface area contributed by atoms with Crippen LogP contribution < -0.4 is 0 Å². The van der Waals surface area contributed by atoms with Crippen molar-refractivity contribution in [2.45, 2.75) is 0 Å². The number of aromatic nitrogens is 2. The SMILES string of the molecule is Brc1cccc(-c2ncc3sccn23)c1.